The van der Waals surface area contributed by atoms with Gasteiger partial charge in [0.1, 0.15) is 17.5 Å². The van der Waals surface area contributed by atoms with Gasteiger partial charge in [0, 0.05) is 5.56 Å². The molecule has 0 radical (unpaired) electrons. The molecule has 3 aromatic rings. The number of para-hydroxylation sites is 2. The Balaban J connectivity index is 1.65. The maximum Gasteiger partial charge on any atom is 0.251 e. The Labute approximate surface area is 175 Å². The van der Waals surface area contributed by atoms with Crippen LogP contribution in [0.4, 0.5) is 5.69 Å². The summed E-state index contributed by atoms with van der Waals surface area (Å²) >= 11 is 0. The Morgan fingerprint density at radius 1 is 0.867 bits per heavy atom. The van der Waals surface area contributed by atoms with Gasteiger partial charge < -0.3 is 20.1 Å². The highest BCUT2D eigenvalue weighted by molar-refractivity contribution is 6.01. The van der Waals surface area contributed by atoms with Crippen LogP contribution in [0.15, 0.2) is 78.9 Å². The molecular weight excluding hydrogens is 380 g/mol. The van der Waals surface area contributed by atoms with Gasteiger partial charge in [0.2, 0.25) is 5.91 Å². The number of carbonyl (C=O) groups is 2. The highest BCUT2D eigenvalue weighted by atomic mass is 16.5. The van der Waals surface area contributed by atoms with E-state index in [2.05, 4.69) is 10.6 Å². The maximum atomic E-state index is 12.6. The van der Waals surface area contributed by atoms with Crippen molar-refractivity contribution in [3.05, 3.63) is 84.4 Å². The van der Waals surface area contributed by atoms with Crippen LogP contribution >= 0.6 is 0 Å². The van der Waals surface area contributed by atoms with Crippen molar-refractivity contribution in [2.75, 3.05) is 11.9 Å². The molecule has 0 bridgehead atoms. The largest absolute Gasteiger partial charge is 0.494 e. The van der Waals surface area contributed by atoms with E-state index in [0.717, 1.165) is 5.75 Å². The lowest BCUT2D eigenvalue weighted by molar-refractivity contribution is -0.117. The standard InChI is InChI=1S/C24H24N2O4/c1-3-29-19-13-15-20(16-14-19)30-22-12-8-7-11-21(22)26-23(27)17(2)25-24(28)18-9-5-4-6-10-18/h4-17H,3H2,1-2H3,(H,25,28)(H,26,27). The average molecular weight is 404 g/mol. The minimum absolute atomic E-state index is 0.308. The molecule has 1 atom stereocenters. The molecule has 2 N–H and O–H groups in total. The highest BCUT2D eigenvalue weighted by Crippen LogP contribution is 2.30. The van der Waals surface area contributed by atoms with Crippen molar-refractivity contribution >= 4 is 17.5 Å². The fourth-order valence-corrected chi connectivity index (χ4v) is 2.73. The Bertz CT molecular complexity index is 988. The number of anilines is 1. The van der Waals surface area contributed by atoms with Crippen molar-refractivity contribution in [3.8, 4) is 17.2 Å². The maximum absolute atomic E-state index is 12.6. The zero-order valence-corrected chi connectivity index (χ0v) is 16.9. The first kappa shape index (κ1) is 20.9. The molecule has 0 saturated carbocycles. The third kappa shape index (κ3) is 5.61. The molecule has 0 aliphatic rings. The average Bonchev–Trinajstić information content (AvgIpc) is 2.77. The van der Waals surface area contributed by atoms with E-state index in [0.29, 0.717) is 29.4 Å². The Hall–Kier alpha value is -3.80. The van der Waals surface area contributed by atoms with Crippen molar-refractivity contribution in [2.24, 2.45) is 0 Å². The molecule has 0 aliphatic carbocycles. The van der Waals surface area contributed by atoms with Crippen LogP contribution in [0.2, 0.25) is 0 Å². The first-order valence-corrected chi connectivity index (χ1v) is 9.73. The van der Waals surface area contributed by atoms with Crippen molar-refractivity contribution in [2.45, 2.75) is 19.9 Å². The number of ether oxygens (including phenoxy) is 2. The summed E-state index contributed by atoms with van der Waals surface area (Å²) in [5.74, 6) is 1.22. The predicted molar refractivity (Wildman–Crippen MR) is 116 cm³/mol. The van der Waals surface area contributed by atoms with Crippen LogP contribution in [0.5, 0.6) is 17.2 Å². The fourth-order valence-electron chi connectivity index (χ4n) is 2.73. The summed E-state index contributed by atoms with van der Waals surface area (Å²) in [6.07, 6.45) is 0. The topological polar surface area (TPSA) is 76.7 Å². The lowest BCUT2D eigenvalue weighted by atomic mass is 10.2. The fraction of sp³-hybridized carbons (Fsp3) is 0.167. The van der Waals surface area contributed by atoms with Gasteiger partial charge in [0.25, 0.3) is 5.91 Å². The monoisotopic (exact) mass is 404 g/mol. The van der Waals surface area contributed by atoms with Gasteiger partial charge >= 0.3 is 0 Å². The second-order valence-corrected chi connectivity index (χ2v) is 6.55. The van der Waals surface area contributed by atoms with Gasteiger partial charge in [-0.15, -0.1) is 0 Å². The van der Waals surface area contributed by atoms with E-state index in [1.165, 1.54) is 0 Å². The minimum atomic E-state index is -0.726. The summed E-state index contributed by atoms with van der Waals surface area (Å²) in [6, 6.07) is 22.4. The number of rotatable bonds is 8. The molecule has 6 heteroatoms. The van der Waals surface area contributed by atoms with Crippen molar-refractivity contribution in [1.82, 2.24) is 5.32 Å². The first-order valence-electron chi connectivity index (χ1n) is 9.73. The third-order valence-corrected chi connectivity index (χ3v) is 4.28. The lowest BCUT2D eigenvalue weighted by Gasteiger charge is -2.16. The summed E-state index contributed by atoms with van der Waals surface area (Å²) in [5.41, 5.74) is 1.01. The van der Waals surface area contributed by atoms with Gasteiger partial charge in [-0.3, -0.25) is 9.59 Å². The van der Waals surface area contributed by atoms with Crippen molar-refractivity contribution in [3.63, 3.8) is 0 Å². The minimum Gasteiger partial charge on any atom is -0.494 e. The van der Waals surface area contributed by atoms with Gasteiger partial charge in [-0.05, 0) is 62.4 Å². The number of carbonyl (C=O) groups excluding carboxylic acids is 2. The lowest BCUT2D eigenvalue weighted by Crippen LogP contribution is -2.41. The van der Waals surface area contributed by atoms with E-state index >= 15 is 0 Å². The Morgan fingerprint density at radius 2 is 1.50 bits per heavy atom. The molecule has 0 fully saturated rings. The summed E-state index contributed by atoms with van der Waals surface area (Å²) in [6.45, 7) is 4.15. The van der Waals surface area contributed by atoms with Gasteiger partial charge in [0.15, 0.2) is 5.75 Å². The van der Waals surface area contributed by atoms with Crippen LogP contribution < -0.4 is 20.1 Å². The van der Waals surface area contributed by atoms with E-state index in [1.807, 2.05) is 31.2 Å². The second-order valence-electron chi connectivity index (χ2n) is 6.55. The first-order chi connectivity index (χ1) is 14.6. The van der Waals surface area contributed by atoms with Crippen molar-refractivity contribution in [1.29, 1.82) is 0 Å². The van der Waals surface area contributed by atoms with Crippen LogP contribution in [0.3, 0.4) is 0 Å². The number of hydrogen-bond donors (Lipinski definition) is 2. The predicted octanol–water partition coefficient (Wildman–Crippen LogP) is 4.63. The molecule has 6 nitrogen and oxygen atoms in total. The van der Waals surface area contributed by atoms with Crippen molar-refractivity contribution < 1.29 is 19.1 Å². The quantitative estimate of drug-likeness (QED) is 0.574. The molecule has 1 unspecified atom stereocenters. The SMILES string of the molecule is CCOc1ccc(Oc2ccccc2NC(=O)C(C)NC(=O)c2ccccc2)cc1. The third-order valence-electron chi connectivity index (χ3n) is 4.28. The summed E-state index contributed by atoms with van der Waals surface area (Å²) in [7, 11) is 0. The molecule has 2 amide bonds. The molecule has 154 valence electrons. The van der Waals surface area contributed by atoms with Gasteiger partial charge in [-0.1, -0.05) is 30.3 Å². The number of hydrogen-bond acceptors (Lipinski definition) is 4. The number of nitrogens with one attached hydrogen (secondary N) is 2. The normalized spacial score (nSPS) is 11.3. The summed E-state index contributed by atoms with van der Waals surface area (Å²) in [4.78, 5) is 24.9. The van der Waals surface area contributed by atoms with Gasteiger partial charge in [-0.2, -0.15) is 0 Å². The van der Waals surface area contributed by atoms with Gasteiger partial charge in [-0.25, -0.2) is 0 Å². The molecule has 0 spiro atoms. The number of amides is 2. The highest BCUT2D eigenvalue weighted by Gasteiger charge is 2.18. The van der Waals surface area contributed by atoms with E-state index < -0.39 is 6.04 Å². The van der Waals surface area contributed by atoms with E-state index in [1.54, 1.807) is 61.5 Å². The van der Waals surface area contributed by atoms with E-state index in [4.69, 9.17) is 9.47 Å². The van der Waals surface area contributed by atoms with E-state index in [-0.39, 0.29) is 11.8 Å². The van der Waals surface area contributed by atoms with Gasteiger partial charge in [0.05, 0.1) is 12.3 Å². The second kappa shape index (κ2) is 10.1. The Morgan fingerprint density at radius 3 is 2.20 bits per heavy atom. The van der Waals surface area contributed by atoms with Crippen LogP contribution in [0, 0.1) is 0 Å². The molecule has 0 heterocycles. The molecule has 0 saturated heterocycles. The van der Waals surface area contributed by atoms with Crippen LogP contribution in [0.1, 0.15) is 24.2 Å². The molecule has 3 aromatic carbocycles. The van der Waals surface area contributed by atoms with Crippen LogP contribution in [-0.4, -0.2) is 24.5 Å². The number of benzene rings is 3. The van der Waals surface area contributed by atoms with Crippen LogP contribution in [0.25, 0.3) is 0 Å². The molecule has 0 aliphatic heterocycles. The molecular formula is C24H24N2O4. The molecule has 30 heavy (non-hydrogen) atoms. The smallest absolute Gasteiger partial charge is 0.251 e. The molecule has 3 rings (SSSR count). The summed E-state index contributed by atoms with van der Waals surface area (Å²) < 4.78 is 11.3. The summed E-state index contributed by atoms with van der Waals surface area (Å²) in [5, 5.41) is 5.51. The van der Waals surface area contributed by atoms with Crippen LogP contribution in [-0.2, 0) is 4.79 Å². The zero-order chi connectivity index (χ0) is 21.3. The Kier molecular flexibility index (Phi) is 7.05. The van der Waals surface area contributed by atoms with E-state index in [9.17, 15) is 9.59 Å². The molecule has 0 aromatic heterocycles. The zero-order valence-electron chi connectivity index (χ0n) is 16.9.